The van der Waals surface area contributed by atoms with Gasteiger partial charge in [-0.3, -0.25) is 0 Å². The number of rotatable bonds is 3. The van der Waals surface area contributed by atoms with Crippen LogP contribution in [0.3, 0.4) is 0 Å². The van der Waals surface area contributed by atoms with Crippen molar-refractivity contribution in [2.24, 2.45) is 5.92 Å². The van der Waals surface area contributed by atoms with E-state index in [1.54, 1.807) is 17.4 Å². The first kappa shape index (κ1) is 10.2. The lowest BCUT2D eigenvalue weighted by atomic mass is 10.2. The van der Waals surface area contributed by atoms with Crippen molar-refractivity contribution in [3.05, 3.63) is 23.2 Å². The van der Waals surface area contributed by atoms with Crippen LogP contribution in [0.4, 0.5) is 0 Å². The number of fused-ring (bicyclic) bond motifs is 1. The van der Waals surface area contributed by atoms with E-state index in [1.165, 1.54) is 0 Å². The second kappa shape index (κ2) is 3.70. The summed E-state index contributed by atoms with van der Waals surface area (Å²) in [5.41, 5.74) is 0.394. The lowest BCUT2D eigenvalue weighted by molar-refractivity contribution is 0.0685. The second-order valence-corrected chi connectivity index (χ2v) is 4.91. The van der Waals surface area contributed by atoms with Crippen molar-refractivity contribution >= 4 is 27.5 Å². The molecular formula is C11H13NO2S. The topological polar surface area (TPSA) is 42.2 Å². The largest absolute Gasteiger partial charge is 0.477 e. The first-order valence-corrected chi connectivity index (χ1v) is 5.77. The summed E-state index contributed by atoms with van der Waals surface area (Å²) in [7, 11) is 0. The second-order valence-electron chi connectivity index (χ2n) is 4.02. The Bertz CT molecular complexity index is 496. The normalized spacial score (nSPS) is 11.4. The van der Waals surface area contributed by atoms with Gasteiger partial charge in [-0.1, -0.05) is 13.8 Å². The van der Waals surface area contributed by atoms with Crippen LogP contribution >= 0.6 is 11.3 Å². The fourth-order valence-electron chi connectivity index (χ4n) is 1.70. The van der Waals surface area contributed by atoms with Crippen molar-refractivity contribution in [2.75, 3.05) is 0 Å². The molecule has 15 heavy (non-hydrogen) atoms. The third-order valence-corrected chi connectivity index (χ3v) is 3.22. The molecule has 2 aromatic heterocycles. The van der Waals surface area contributed by atoms with E-state index < -0.39 is 5.97 Å². The molecule has 3 nitrogen and oxygen atoms in total. The molecule has 0 saturated heterocycles. The summed E-state index contributed by atoms with van der Waals surface area (Å²) >= 11 is 1.59. The van der Waals surface area contributed by atoms with Gasteiger partial charge in [0.2, 0.25) is 0 Å². The highest BCUT2D eigenvalue weighted by Crippen LogP contribution is 2.26. The Balaban J connectivity index is 2.58. The molecule has 2 heterocycles. The molecule has 0 unspecified atom stereocenters. The molecule has 2 aromatic rings. The quantitative estimate of drug-likeness (QED) is 0.869. The maximum atomic E-state index is 11.1. The Kier molecular flexibility index (Phi) is 2.52. The SMILES string of the molecule is CC(C)Cn1c(C(=O)O)cc2ccsc21. The molecule has 4 heteroatoms. The van der Waals surface area contributed by atoms with Crippen molar-refractivity contribution < 1.29 is 9.90 Å². The molecule has 0 bridgehead atoms. The minimum Gasteiger partial charge on any atom is -0.477 e. The van der Waals surface area contributed by atoms with Crippen molar-refractivity contribution in [2.45, 2.75) is 20.4 Å². The van der Waals surface area contributed by atoms with Crippen LogP contribution < -0.4 is 0 Å². The molecular weight excluding hydrogens is 210 g/mol. The summed E-state index contributed by atoms with van der Waals surface area (Å²) in [5.74, 6) is -0.403. The maximum absolute atomic E-state index is 11.1. The average Bonchev–Trinajstić information content (AvgIpc) is 2.66. The first-order chi connectivity index (χ1) is 7.09. The Hall–Kier alpha value is -1.29. The number of aromatic carboxylic acids is 1. The van der Waals surface area contributed by atoms with Gasteiger partial charge in [0.05, 0.1) is 0 Å². The highest BCUT2D eigenvalue weighted by Gasteiger charge is 2.15. The van der Waals surface area contributed by atoms with E-state index in [1.807, 2.05) is 16.0 Å². The van der Waals surface area contributed by atoms with Crippen LogP contribution in [0.5, 0.6) is 0 Å². The van der Waals surface area contributed by atoms with Crippen LogP contribution in [0.15, 0.2) is 17.5 Å². The highest BCUT2D eigenvalue weighted by molar-refractivity contribution is 7.16. The highest BCUT2D eigenvalue weighted by atomic mass is 32.1. The molecule has 0 spiro atoms. The van der Waals surface area contributed by atoms with Crippen molar-refractivity contribution in [1.29, 1.82) is 0 Å². The van der Waals surface area contributed by atoms with Crippen molar-refractivity contribution in [1.82, 2.24) is 4.57 Å². The molecule has 0 fully saturated rings. The van der Waals surface area contributed by atoms with Crippen molar-refractivity contribution in [3.8, 4) is 0 Å². The Labute approximate surface area is 92.0 Å². The zero-order valence-electron chi connectivity index (χ0n) is 8.73. The molecule has 80 valence electrons. The lowest BCUT2D eigenvalue weighted by Gasteiger charge is -2.09. The standard InChI is InChI=1S/C11H13NO2S/c1-7(2)6-12-9(11(13)14)5-8-3-4-15-10(8)12/h3-5,7H,6H2,1-2H3,(H,13,14). The van der Waals surface area contributed by atoms with Gasteiger partial charge < -0.3 is 9.67 Å². The van der Waals surface area contributed by atoms with Crippen molar-refractivity contribution in [3.63, 3.8) is 0 Å². The number of carboxylic acids is 1. The average molecular weight is 223 g/mol. The molecule has 2 rings (SSSR count). The van der Waals surface area contributed by atoms with Gasteiger partial charge in [-0.05, 0) is 23.4 Å². The van der Waals surface area contributed by atoms with E-state index in [4.69, 9.17) is 5.11 Å². The molecule has 0 radical (unpaired) electrons. The Morgan fingerprint density at radius 1 is 1.60 bits per heavy atom. The van der Waals surface area contributed by atoms with Crippen LogP contribution in [0, 0.1) is 5.92 Å². The number of nitrogens with zero attached hydrogens (tertiary/aromatic N) is 1. The fourth-order valence-corrected chi connectivity index (χ4v) is 2.61. The third-order valence-electron chi connectivity index (χ3n) is 2.27. The van der Waals surface area contributed by atoms with E-state index in [0.29, 0.717) is 11.6 Å². The summed E-state index contributed by atoms with van der Waals surface area (Å²) in [6, 6.07) is 3.71. The minimum absolute atomic E-state index is 0.394. The van der Waals surface area contributed by atoms with Gasteiger partial charge in [-0.2, -0.15) is 0 Å². The number of carbonyl (C=O) groups is 1. The van der Waals surface area contributed by atoms with Gasteiger partial charge >= 0.3 is 5.97 Å². The van der Waals surface area contributed by atoms with E-state index in [9.17, 15) is 4.79 Å². The molecule has 0 atom stereocenters. The number of hydrogen-bond donors (Lipinski definition) is 1. The number of aromatic nitrogens is 1. The van der Waals surface area contributed by atoms with Gasteiger partial charge in [0.15, 0.2) is 0 Å². The Morgan fingerprint density at radius 2 is 2.33 bits per heavy atom. The molecule has 1 N–H and O–H groups in total. The van der Waals surface area contributed by atoms with E-state index in [0.717, 1.165) is 16.8 Å². The predicted octanol–water partition coefficient (Wildman–Crippen LogP) is 3.06. The van der Waals surface area contributed by atoms with Crippen LogP contribution in [0.2, 0.25) is 0 Å². The molecule has 0 aliphatic carbocycles. The van der Waals surface area contributed by atoms with E-state index in [2.05, 4.69) is 13.8 Å². The minimum atomic E-state index is -0.848. The van der Waals surface area contributed by atoms with E-state index in [-0.39, 0.29) is 0 Å². The van der Waals surface area contributed by atoms with Crippen LogP contribution in [0.1, 0.15) is 24.3 Å². The summed E-state index contributed by atoms with van der Waals surface area (Å²) in [5, 5.41) is 12.1. The summed E-state index contributed by atoms with van der Waals surface area (Å²) in [6.07, 6.45) is 0. The Morgan fingerprint density at radius 3 is 2.93 bits per heavy atom. The maximum Gasteiger partial charge on any atom is 0.352 e. The number of thiophene rings is 1. The first-order valence-electron chi connectivity index (χ1n) is 4.89. The molecule has 0 aromatic carbocycles. The van der Waals surface area contributed by atoms with Gasteiger partial charge in [0, 0.05) is 11.9 Å². The summed E-state index contributed by atoms with van der Waals surface area (Å²) in [6.45, 7) is 4.93. The number of carboxylic acid groups (broad SMARTS) is 1. The molecule has 0 saturated carbocycles. The third kappa shape index (κ3) is 1.77. The smallest absolute Gasteiger partial charge is 0.352 e. The van der Waals surface area contributed by atoms with Crippen LogP contribution in [-0.4, -0.2) is 15.6 Å². The van der Waals surface area contributed by atoms with Gasteiger partial charge in [0.25, 0.3) is 0 Å². The predicted molar refractivity (Wildman–Crippen MR) is 61.6 cm³/mol. The lowest BCUT2D eigenvalue weighted by Crippen LogP contribution is -2.11. The number of hydrogen-bond acceptors (Lipinski definition) is 2. The molecule has 0 aliphatic heterocycles. The van der Waals surface area contributed by atoms with Crippen LogP contribution in [0.25, 0.3) is 10.2 Å². The summed E-state index contributed by atoms with van der Waals surface area (Å²) < 4.78 is 1.90. The summed E-state index contributed by atoms with van der Waals surface area (Å²) in [4.78, 5) is 12.1. The van der Waals surface area contributed by atoms with Gasteiger partial charge in [-0.15, -0.1) is 11.3 Å². The van der Waals surface area contributed by atoms with Gasteiger partial charge in [-0.25, -0.2) is 4.79 Å². The van der Waals surface area contributed by atoms with E-state index >= 15 is 0 Å². The van der Waals surface area contributed by atoms with Gasteiger partial charge in [0.1, 0.15) is 10.5 Å². The zero-order chi connectivity index (χ0) is 11.0. The monoisotopic (exact) mass is 223 g/mol. The molecule has 0 aliphatic rings. The molecule has 0 amide bonds. The fraction of sp³-hybridized carbons (Fsp3) is 0.364. The zero-order valence-corrected chi connectivity index (χ0v) is 9.54. The van der Waals surface area contributed by atoms with Crippen LogP contribution in [-0.2, 0) is 6.54 Å².